The molecular weight excluding hydrogens is 136 g/mol. The largest absolute Gasteiger partial charge is 0.377 e. The van der Waals surface area contributed by atoms with Crippen LogP contribution in [0.25, 0.3) is 0 Å². The first-order valence-electron chi connectivity index (χ1n) is 3.39. The normalized spacial score (nSPS) is 36.7. The maximum absolute atomic E-state index is 5.92. The van der Waals surface area contributed by atoms with E-state index in [0.29, 0.717) is 0 Å². The predicted molar refractivity (Wildman–Crippen MR) is 38.6 cm³/mol. The molecule has 0 spiro atoms. The van der Waals surface area contributed by atoms with Crippen LogP contribution in [0.2, 0.25) is 0 Å². The Kier molecular flexibility index (Phi) is 2.80. The van der Waals surface area contributed by atoms with Crippen LogP contribution in [0.5, 0.6) is 0 Å². The van der Waals surface area contributed by atoms with Gasteiger partial charge in [-0.05, 0) is 19.3 Å². The molecule has 9 heavy (non-hydrogen) atoms. The molecule has 1 nitrogen and oxygen atoms in total. The van der Waals surface area contributed by atoms with Crippen LogP contribution in [0.4, 0.5) is 0 Å². The molecule has 0 N–H and O–H groups in total. The third-order valence-electron chi connectivity index (χ3n) is 1.64. The molecule has 0 amide bonds. The minimum Gasteiger partial charge on any atom is -0.377 e. The second-order valence-electron chi connectivity index (χ2n) is 2.36. The predicted octanol–water partition coefficient (Wildman–Crippen LogP) is 2.00. The minimum absolute atomic E-state index is 0.205. The van der Waals surface area contributed by atoms with Crippen molar-refractivity contribution in [2.24, 2.45) is 0 Å². The van der Waals surface area contributed by atoms with E-state index in [2.05, 4.69) is 6.92 Å². The van der Waals surface area contributed by atoms with Crippen molar-refractivity contribution in [3.63, 3.8) is 0 Å². The van der Waals surface area contributed by atoms with Crippen molar-refractivity contribution < 1.29 is 4.74 Å². The molecule has 1 radical (unpaired) electrons. The Hall–Kier alpha value is 0.250. The monoisotopic (exact) mass is 147 g/mol. The minimum atomic E-state index is 0.205. The number of alkyl halides is 1. The summed E-state index contributed by atoms with van der Waals surface area (Å²) in [6.07, 6.45) is 3.20. The van der Waals surface area contributed by atoms with E-state index >= 15 is 0 Å². The first-order valence-corrected chi connectivity index (χ1v) is 3.83. The summed E-state index contributed by atoms with van der Waals surface area (Å²) >= 11 is 5.92. The molecule has 0 aromatic carbocycles. The number of halogens is 1. The zero-order valence-electron chi connectivity index (χ0n) is 5.48. The molecule has 0 aromatic rings. The van der Waals surface area contributed by atoms with E-state index in [0.717, 1.165) is 25.9 Å². The zero-order valence-corrected chi connectivity index (χ0v) is 6.23. The van der Waals surface area contributed by atoms with Crippen LogP contribution in [0.15, 0.2) is 0 Å². The Morgan fingerprint density at radius 2 is 2.44 bits per heavy atom. The standard InChI is InChI=1S/C7H12ClO/c1-2-7-6(8)4-3-5-9-7/h6-7H,1-5H2. The Balaban J connectivity index is 2.30. The molecule has 1 saturated heterocycles. The highest BCUT2D eigenvalue weighted by atomic mass is 35.5. The van der Waals surface area contributed by atoms with Crippen LogP contribution in [-0.4, -0.2) is 18.1 Å². The van der Waals surface area contributed by atoms with Gasteiger partial charge >= 0.3 is 0 Å². The number of ether oxygens (including phenoxy) is 1. The van der Waals surface area contributed by atoms with Crippen molar-refractivity contribution in [3.8, 4) is 0 Å². The summed E-state index contributed by atoms with van der Waals surface area (Å²) in [5.41, 5.74) is 0. The van der Waals surface area contributed by atoms with E-state index in [4.69, 9.17) is 16.3 Å². The molecule has 0 bridgehead atoms. The van der Waals surface area contributed by atoms with Gasteiger partial charge in [0.25, 0.3) is 0 Å². The van der Waals surface area contributed by atoms with Gasteiger partial charge in [0.05, 0.1) is 11.5 Å². The molecule has 2 heteroatoms. The van der Waals surface area contributed by atoms with Crippen LogP contribution >= 0.6 is 11.6 Å². The summed E-state index contributed by atoms with van der Waals surface area (Å²) in [5, 5.41) is 0.205. The van der Waals surface area contributed by atoms with Gasteiger partial charge in [0, 0.05) is 6.61 Å². The van der Waals surface area contributed by atoms with Crippen LogP contribution in [0.1, 0.15) is 19.3 Å². The lowest BCUT2D eigenvalue weighted by Gasteiger charge is -2.26. The van der Waals surface area contributed by atoms with Crippen LogP contribution in [-0.2, 0) is 4.74 Å². The summed E-state index contributed by atoms with van der Waals surface area (Å²) in [7, 11) is 0. The van der Waals surface area contributed by atoms with Gasteiger partial charge in [0.2, 0.25) is 0 Å². The highest BCUT2D eigenvalue weighted by Crippen LogP contribution is 2.20. The summed E-state index contributed by atoms with van der Waals surface area (Å²) in [6.45, 7) is 4.61. The summed E-state index contributed by atoms with van der Waals surface area (Å²) in [6, 6.07) is 0. The van der Waals surface area contributed by atoms with E-state index in [1.807, 2.05) is 0 Å². The molecule has 2 unspecified atom stereocenters. The average molecular weight is 148 g/mol. The van der Waals surface area contributed by atoms with E-state index in [-0.39, 0.29) is 11.5 Å². The molecule has 1 aliphatic rings. The van der Waals surface area contributed by atoms with Crippen molar-refractivity contribution >= 4 is 11.6 Å². The first kappa shape index (κ1) is 7.36. The van der Waals surface area contributed by atoms with Gasteiger partial charge in [0.15, 0.2) is 0 Å². The van der Waals surface area contributed by atoms with E-state index in [1.54, 1.807) is 0 Å². The van der Waals surface area contributed by atoms with Crippen LogP contribution in [0, 0.1) is 6.92 Å². The Morgan fingerprint density at radius 3 is 2.89 bits per heavy atom. The van der Waals surface area contributed by atoms with Gasteiger partial charge < -0.3 is 4.74 Å². The molecule has 0 aliphatic carbocycles. The second kappa shape index (κ2) is 3.43. The van der Waals surface area contributed by atoms with Gasteiger partial charge in [0.1, 0.15) is 0 Å². The molecule has 0 saturated carbocycles. The van der Waals surface area contributed by atoms with E-state index in [9.17, 15) is 0 Å². The van der Waals surface area contributed by atoms with Crippen LogP contribution in [0.3, 0.4) is 0 Å². The highest BCUT2D eigenvalue weighted by molar-refractivity contribution is 6.21. The lowest BCUT2D eigenvalue weighted by Crippen LogP contribution is -2.29. The second-order valence-corrected chi connectivity index (χ2v) is 2.92. The maximum Gasteiger partial charge on any atom is 0.0738 e. The number of hydrogen-bond donors (Lipinski definition) is 0. The molecule has 2 atom stereocenters. The third-order valence-corrected chi connectivity index (χ3v) is 2.14. The fraction of sp³-hybridized carbons (Fsp3) is 0.857. The van der Waals surface area contributed by atoms with Gasteiger partial charge in [-0.15, -0.1) is 11.6 Å². The molecule has 1 aliphatic heterocycles. The number of rotatable bonds is 1. The Morgan fingerprint density at radius 1 is 1.67 bits per heavy atom. The summed E-state index contributed by atoms with van der Waals surface area (Å²) in [4.78, 5) is 0. The molecule has 0 aromatic heterocycles. The fourth-order valence-corrected chi connectivity index (χ4v) is 1.42. The maximum atomic E-state index is 5.92. The smallest absolute Gasteiger partial charge is 0.0738 e. The van der Waals surface area contributed by atoms with E-state index < -0.39 is 0 Å². The topological polar surface area (TPSA) is 9.23 Å². The summed E-state index contributed by atoms with van der Waals surface area (Å²) in [5.74, 6) is 0. The molecule has 1 rings (SSSR count). The lowest BCUT2D eigenvalue weighted by molar-refractivity contribution is 0.0213. The number of hydrogen-bond acceptors (Lipinski definition) is 1. The SMILES string of the molecule is [CH2]CC1OCCCC1Cl. The average Bonchev–Trinajstić information content (AvgIpc) is 1.89. The van der Waals surface area contributed by atoms with Crippen molar-refractivity contribution in [1.82, 2.24) is 0 Å². The first-order chi connectivity index (χ1) is 4.34. The van der Waals surface area contributed by atoms with Crippen molar-refractivity contribution in [3.05, 3.63) is 6.92 Å². The molecule has 1 heterocycles. The van der Waals surface area contributed by atoms with Gasteiger partial charge in [-0.3, -0.25) is 0 Å². The molecule has 53 valence electrons. The molecule has 1 fully saturated rings. The Labute approximate surface area is 61.3 Å². The zero-order chi connectivity index (χ0) is 6.69. The quantitative estimate of drug-likeness (QED) is 0.516. The van der Waals surface area contributed by atoms with Crippen molar-refractivity contribution in [2.45, 2.75) is 30.7 Å². The lowest BCUT2D eigenvalue weighted by atomic mass is 10.1. The van der Waals surface area contributed by atoms with Gasteiger partial charge in [-0.2, -0.15) is 0 Å². The molecular formula is C7H12ClO. The van der Waals surface area contributed by atoms with Gasteiger partial charge in [-0.25, -0.2) is 0 Å². The highest BCUT2D eigenvalue weighted by Gasteiger charge is 2.21. The van der Waals surface area contributed by atoms with Crippen LogP contribution < -0.4 is 0 Å². The third kappa shape index (κ3) is 1.84. The summed E-state index contributed by atoms with van der Waals surface area (Å²) < 4.78 is 5.34. The van der Waals surface area contributed by atoms with E-state index in [1.165, 1.54) is 0 Å². The van der Waals surface area contributed by atoms with Crippen molar-refractivity contribution in [2.75, 3.05) is 6.61 Å². The van der Waals surface area contributed by atoms with Gasteiger partial charge in [-0.1, -0.05) is 6.92 Å². The Bertz CT molecular complexity index is 85.0. The fourth-order valence-electron chi connectivity index (χ4n) is 1.07. The van der Waals surface area contributed by atoms with Crippen molar-refractivity contribution in [1.29, 1.82) is 0 Å².